The van der Waals surface area contributed by atoms with Gasteiger partial charge in [-0.25, -0.2) is 4.98 Å². The minimum absolute atomic E-state index is 0.344. The Morgan fingerprint density at radius 3 is 2.68 bits per heavy atom. The summed E-state index contributed by atoms with van der Waals surface area (Å²) in [5.74, 6) is 1.16. The van der Waals surface area contributed by atoms with Crippen LogP contribution in [0.25, 0.3) is 6.08 Å². The molecule has 0 bridgehead atoms. The number of imide groups is 1. The van der Waals surface area contributed by atoms with Crippen LogP contribution in [0.2, 0.25) is 0 Å². The zero-order chi connectivity index (χ0) is 17.6. The molecule has 1 aliphatic rings. The highest BCUT2D eigenvalue weighted by atomic mass is 32.2. The van der Waals surface area contributed by atoms with Crippen molar-refractivity contribution in [1.82, 2.24) is 15.3 Å². The zero-order valence-corrected chi connectivity index (χ0v) is 14.3. The minimum atomic E-state index is -0.359. The fourth-order valence-electron chi connectivity index (χ4n) is 2.14. The molecule has 2 heterocycles. The molecule has 1 aliphatic heterocycles. The van der Waals surface area contributed by atoms with Crippen LogP contribution >= 0.6 is 11.8 Å². The summed E-state index contributed by atoms with van der Waals surface area (Å²) < 4.78 is 5.71. The summed E-state index contributed by atoms with van der Waals surface area (Å²) in [7, 11) is 1.92. The molecular weight excluding hydrogens is 340 g/mol. The molecule has 7 nitrogen and oxygen atoms in total. The van der Waals surface area contributed by atoms with Crippen molar-refractivity contribution in [2.24, 2.45) is 0 Å². The number of aromatic nitrogens is 2. The first-order valence-corrected chi connectivity index (χ1v) is 8.38. The van der Waals surface area contributed by atoms with E-state index in [1.165, 1.54) is 0 Å². The van der Waals surface area contributed by atoms with E-state index in [9.17, 15) is 9.59 Å². The van der Waals surface area contributed by atoms with Gasteiger partial charge in [0.25, 0.3) is 11.1 Å². The first kappa shape index (κ1) is 17.0. The van der Waals surface area contributed by atoms with E-state index >= 15 is 0 Å². The van der Waals surface area contributed by atoms with Gasteiger partial charge in [-0.2, -0.15) is 0 Å². The van der Waals surface area contributed by atoms with E-state index < -0.39 is 0 Å². The molecule has 3 rings (SSSR count). The van der Waals surface area contributed by atoms with Crippen LogP contribution < -0.4 is 15.0 Å². The highest BCUT2D eigenvalue weighted by Gasteiger charge is 2.24. The van der Waals surface area contributed by atoms with E-state index in [0.717, 1.165) is 28.9 Å². The first-order chi connectivity index (χ1) is 12.1. The summed E-state index contributed by atoms with van der Waals surface area (Å²) in [6, 6.07) is 7.33. The zero-order valence-electron chi connectivity index (χ0n) is 13.5. The average Bonchev–Trinajstić information content (AvgIpc) is 2.94. The predicted octanol–water partition coefficient (Wildman–Crippen LogP) is 2.32. The van der Waals surface area contributed by atoms with Crippen molar-refractivity contribution in [3.63, 3.8) is 0 Å². The fraction of sp³-hybridized carbons (Fsp3) is 0.176. The minimum Gasteiger partial charge on any atom is -0.492 e. The van der Waals surface area contributed by atoms with Crippen LogP contribution in [-0.2, 0) is 4.79 Å². The maximum Gasteiger partial charge on any atom is 0.290 e. The number of nitrogens with one attached hydrogen (secondary N) is 1. The third-order valence-corrected chi connectivity index (χ3v) is 4.27. The molecule has 0 spiro atoms. The van der Waals surface area contributed by atoms with Crippen molar-refractivity contribution in [3.8, 4) is 5.75 Å². The molecule has 1 saturated heterocycles. The Morgan fingerprint density at radius 2 is 2.04 bits per heavy atom. The molecule has 128 valence electrons. The van der Waals surface area contributed by atoms with Crippen LogP contribution in [0.3, 0.4) is 0 Å². The van der Waals surface area contributed by atoms with Crippen molar-refractivity contribution in [3.05, 3.63) is 53.3 Å². The number of ether oxygens (including phenoxy) is 1. The largest absolute Gasteiger partial charge is 0.492 e. The van der Waals surface area contributed by atoms with E-state index in [1.54, 1.807) is 24.7 Å². The Balaban J connectivity index is 1.52. The monoisotopic (exact) mass is 356 g/mol. The van der Waals surface area contributed by atoms with Gasteiger partial charge in [0.2, 0.25) is 0 Å². The molecule has 1 N–H and O–H groups in total. The third kappa shape index (κ3) is 4.57. The second kappa shape index (κ2) is 7.80. The molecule has 0 aliphatic carbocycles. The number of rotatable bonds is 6. The number of nitrogens with zero attached hydrogens (tertiary/aromatic N) is 3. The lowest BCUT2D eigenvalue weighted by atomic mass is 10.2. The van der Waals surface area contributed by atoms with E-state index in [1.807, 2.05) is 36.2 Å². The molecule has 8 heteroatoms. The topological polar surface area (TPSA) is 84.4 Å². The molecule has 1 aromatic carbocycles. The number of carbonyl (C=O) groups excluding carboxylic acids is 2. The van der Waals surface area contributed by atoms with E-state index in [2.05, 4.69) is 15.3 Å². The summed E-state index contributed by atoms with van der Waals surface area (Å²) in [6.45, 7) is 1.17. The lowest BCUT2D eigenvalue weighted by Gasteiger charge is -2.17. The van der Waals surface area contributed by atoms with Gasteiger partial charge in [-0.3, -0.25) is 19.9 Å². The quantitative estimate of drug-likeness (QED) is 0.795. The lowest BCUT2D eigenvalue weighted by Crippen LogP contribution is -2.24. The summed E-state index contributed by atoms with van der Waals surface area (Å²) in [5.41, 5.74) is 0.830. The second-order valence-corrected chi connectivity index (χ2v) is 6.27. The number of benzene rings is 1. The van der Waals surface area contributed by atoms with Gasteiger partial charge in [-0.1, -0.05) is 12.1 Å². The van der Waals surface area contributed by atoms with Gasteiger partial charge in [-0.05, 0) is 35.5 Å². The first-order valence-electron chi connectivity index (χ1n) is 7.57. The highest BCUT2D eigenvalue weighted by molar-refractivity contribution is 8.18. The molecule has 25 heavy (non-hydrogen) atoms. The molecule has 0 radical (unpaired) electrons. The van der Waals surface area contributed by atoms with Gasteiger partial charge in [0.05, 0.1) is 17.6 Å². The molecule has 1 aromatic heterocycles. The molecule has 0 saturated carbocycles. The molecule has 1 fully saturated rings. The normalized spacial score (nSPS) is 15.3. The van der Waals surface area contributed by atoms with Crippen LogP contribution in [0.1, 0.15) is 5.56 Å². The van der Waals surface area contributed by atoms with Gasteiger partial charge in [-0.15, -0.1) is 0 Å². The molecule has 2 aromatic rings. The van der Waals surface area contributed by atoms with Crippen LogP contribution in [-0.4, -0.2) is 41.3 Å². The second-order valence-electron chi connectivity index (χ2n) is 5.25. The Morgan fingerprint density at radius 1 is 1.24 bits per heavy atom. The van der Waals surface area contributed by atoms with Gasteiger partial charge in [0.15, 0.2) is 0 Å². The molecule has 0 unspecified atom stereocenters. The summed E-state index contributed by atoms with van der Waals surface area (Å²) in [6.07, 6.45) is 6.66. The number of hydrogen-bond donors (Lipinski definition) is 1. The van der Waals surface area contributed by atoms with Crippen molar-refractivity contribution in [2.45, 2.75) is 0 Å². The molecular formula is C17H16N4O3S. The predicted molar refractivity (Wildman–Crippen MR) is 96.3 cm³/mol. The van der Waals surface area contributed by atoms with Crippen molar-refractivity contribution >= 4 is 34.8 Å². The van der Waals surface area contributed by atoms with Crippen molar-refractivity contribution < 1.29 is 14.3 Å². The smallest absolute Gasteiger partial charge is 0.290 e. The fourth-order valence-corrected chi connectivity index (χ4v) is 2.82. The number of amides is 2. The summed E-state index contributed by atoms with van der Waals surface area (Å²) in [5, 5.41) is 1.88. The SMILES string of the molecule is CN(CCOc1ccc(C=C2SC(=O)NC2=O)cc1)c1cnccn1. The number of thioether (sulfide) groups is 1. The third-order valence-electron chi connectivity index (χ3n) is 3.46. The highest BCUT2D eigenvalue weighted by Crippen LogP contribution is 2.26. The van der Waals surface area contributed by atoms with E-state index in [4.69, 9.17) is 4.74 Å². The number of anilines is 1. The maximum atomic E-state index is 11.5. The van der Waals surface area contributed by atoms with E-state index in [-0.39, 0.29) is 11.1 Å². The van der Waals surface area contributed by atoms with Crippen molar-refractivity contribution in [1.29, 1.82) is 0 Å². The van der Waals surface area contributed by atoms with Gasteiger partial charge in [0.1, 0.15) is 18.2 Å². The molecule has 2 amide bonds. The summed E-state index contributed by atoms with van der Waals surface area (Å²) >= 11 is 0.901. The van der Waals surface area contributed by atoms with Gasteiger partial charge >= 0.3 is 0 Å². The van der Waals surface area contributed by atoms with Gasteiger partial charge < -0.3 is 9.64 Å². The van der Waals surface area contributed by atoms with Crippen LogP contribution in [0.5, 0.6) is 5.75 Å². The maximum absolute atomic E-state index is 11.5. The number of hydrogen-bond acceptors (Lipinski definition) is 7. The van der Waals surface area contributed by atoms with Crippen molar-refractivity contribution in [2.75, 3.05) is 25.1 Å². The Bertz CT molecular complexity index is 793. The Hall–Kier alpha value is -2.87. The van der Waals surface area contributed by atoms with Crippen LogP contribution in [0.15, 0.2) is 47.8 Å². The number of carbonyl (C=O) groups is 2. The standard InChI is InChI=1S/C17H16N4O3S/c1-21(15-11-18-6-7-19-15)8-9-24-13-4-2-12(3-5-13)10-14-16(22)20-17(23)25-14/h2-7,10-11H,8-9H2,1H3,(H,20,22,23). The van der Waals surface area contributed by atoms with E-state index in [0.29, 0.717) is 18.1 Å². The van der Waals surface area contributed by atoms with Crippen LogP contribution in [0, 0.1) is 0 Å². The Labute approximate surface area is 149 Å². The number of likely N-dealkylation sites (N-methyl/N-ethyl adjacent to an activating group) is 1. The molecule has 0 atom stereocenters. The summed E-state index contributed by atoms with van der Waals surface area (Å²) in [4.78, 5) is 33.3. The van der Waals surface area contributed by atoms with Crippen LogP contribution in [0.4, 0.5) is 10.6 Å². The average molecular weight is 356 g/mol. The van der Waals surface area contributed by atoms with Gasteiger partial charge in [0, 0.05) is 19.4 Å². The lowest BCUT2D eigenvalue weighted by molar-refractivity contribution is -0.115. The Kier molecular flexibility index (Phi) is 5.30.